The topological polar surface area (TPSA) is 35.2 Å². The summed E-state index contributed by atoms with van der Waals surface area (Å²) in [5.41, 5.74) is 6.52. The number of benzene rings is 1. The first-order valence-electron chi connectivity index (χ1n) is 4.95. The van der Waals surface area contributed by atoms with Crippen molar-refractivity contribution >= 4 is 11.3 Å². The molecule has 5 heteroatoms. The first-order valence-corrected chi connectivity index (χ1v) is 5.83. The van der Waals surface area contributed by atoms with Gasteiger partial charge in [-0.15, -0.1) is 11.3 Å². The fraction of sp³-hybridized carbons (Fsp3) is 0.167. The molecule has 2 nitrogen and oxygen atoms in total. The molecule has 0 saturated carbocycles. The molecule has 2 N–H and O–H groups in total. The second kappa shape index (κ2) is 4.81. The minimum Gasteiger partial charge on any atom is -0.496 e. The van der Waals surface area contributed by atoms with Gasteiger partial charge in [-0.2, -0.15) is 0 Å². The molecule has 17 heavy (non-hydrogen) atoms. The van der Waals surface area contributed by atoms with Gasteiger partial charge < -0.3 is 10.5 Å². The Balaban J connectivity index is 2.36. The molecule has 1 atom stereocenters. The van der Waals surface area contributed by atoms with Gasteiger partial charge in [0.05, 0.1) is 18.0 Å². The van der Waals surface area contributed by atoms with Crippen molar-refractivity contribution < 1.29 is 13.5 Å². The maximum atomic E-state index is 13.1. The highest BCUT2D eigenvalue weighted by atomic mass is 32.1. The first kappa shape index (κ1) is 12.0. The molecule has 1 heterocycles. The van der Waals surface area contributed by atoms with Crippen molar-refractivity contribution in [1.82, 2.24) is 0 Å². The van der Waals surface area contributed by atoms with Crippen LogP contribution in [-0.2, 0) is 0 Å². The predicted octanol–water partition coefficient (Wildman–Crippen LogP) is 3.08. The zero-order chi connectivity index (χ0) is 12.4. The summed E-state index contributed by atoms with van der Waals surface area (Å²) in [4.78, 5) is 0.790. The average Bonchev–Trinajstić information content (AvgIpc) is 2.80. The predicted molar refractivity (Wildman–Crippen MR) is 63.3 cm³/mol. The summed E-state index contributed by atoms with van der Waals surface area (Å²) < 4.78 is 31.1. The highest BCUT2D eigenvalue weighted by molar-refractivity contribution is 7.10. The summed E-state index contributed by atoms with van der Waals surface area (Å²) in [5, 5.41) is 1.84. The highest BCUT2D eigenvalue weighted by Gasteiger charge is 2.16. The number of ether oxygens (including phenoxy) is 1. The van der Waals surface area contributed by atoms with Crippen molar-refractivity contribution in [2.24, 2.45) is 5.73 Å². The van der Waals surface area contributed by atoms with Crippen LogP contribution in [0.4, 0.5) is 8.78 Å². The molecule has 0 aliphatic heterocycles. The minimum atomic E-state index is -0.895. The van der Waals surface area contributed by atoms with Crippen LogP contribution in [-0.4, -0.2) is 7.11 Å². The summed E-state index contributed by atoms with van der Waals surface area (Å²) >= 11 is 1.42. The lowest BCUT2D eigenvalue weighted by atomic mass is 10.1. The van der Waals surface area contributed by atoms with E-state index in [1.165, 1.54) is 17.4 Å². The normalized spacial score (nSPS) is 12.5. The Morgan fingerprint density at radius 1 is 1.24 bits per heavy atom. The zero-order valence-corrected chi connectivity index (χ0v) is 9.93. The third kappa shape index (κ3) is 2.30. The van der Waals surface area contributed by atoms with Gasteiger partial charge in [-0.05, 0) is 29.1 Å². The molecule has 0 amide bonds. The molecule has 0 fully saturated rings. The number of rotatable bonds is 3. The van der Waals surface area contributed by atoms with Gasteiger partial charge in [0.15, 0.2) is 11.6 Å². The lowest BCUT2D eigenvalue weighted by Crippen LogP contribution is -2.11. The van der Waals surface area contributed by atoms with Gasteiger partial charge >= 0.3 is 0 Å². The van der Waals surface area contributed by atoms with E-state index in [2.05, 4.69) is 0 Å². The van der Waals surface area contributed by atoms with Gasteiger partial charge in [0.2, 0.25) is 0 Å². The maximum absolute atomic E-state index is 13.1. The van der Waals surface area contributed by atoms with Gasteiger partial charge in [0.1, 0.15) is 5.75 Å². The molecular formula is C12H11F2NOS. The molecule has 1 aromatic carbocycles. The Morgan fingerprint density at radius 2 is 2.00 bits per heavy atom. The monoisotopic (exact) mass is 255 g/mol. The fourth-order valence-corrected chi connectivity index (χ4v) is 2.45. The molecule has 0 saturated heterocycles. The van der Waals surface area contributed by atoms with E-state index in [1.807, 2.05) is 5.38 Å². The van der Waals surface area contributed by atoms with Crippen LogP contribution in [0.15, 0.2) is 29.6 Å². The average molecular weight is 255 g/mol. The quantitative estimate of drug-likeness (QED) is 0.914. The van der Waals surface area contributed by atoms with E-state index in [0.717, 1.165) is 17.0 Å². The molecule has 0 aliphatic rings. The minimum absolute atomic E-state index is 0.514. The van der Waals surface area contributed by atoms with Crippen LogP contribution in [0.2, 0.25) is 0 Å². The van der Waals surface area contributed by atoms with Crippen LogP contribution >= 0.6 is 11.3 Å². The van der Waals surface area contributed by atoms with E-state index in [4.69, 9.17) is 10.5 Å². The van der Waals surface area contributed by atoms with Crippen LogP contribution in [0.25, 0.3) is 0 Å². The van der Waals surface area contributed by atoms with E-state index in [9.17, 15) is 8.78 Å². The van der Waals surface area contributed by atoms with Gasteiger partial charge in [0, 0.05) is 0 Å². The van der Waals surface area contributed by atoms with Crippen molar-refractivity contribution in [2.45, 2.75) is 6.04 Å². The Hall–Kier alpha value is -1.46. The lowest BCUT2D eigenvalue weighted by molar-refractivity contribution is 0.410. The summed E-state index contributed by atoms with van der Waals surface area (Å²) in [7, 11) is 1.55. The number of halogens is 2. The zero-order valence-electron chi connectivity index (χ0n) is 9.11. The van der Waals surface area contributed by atoms with Gasteiger partial charge in [-0.3, -0.25) is 0 Å². The molecule has 2 aromatic rings. The molecule has 0 bridgehead atoms. The Kier molecular flexibility index (Phi) is 3.40. The highest BCUT2D eigenvalue weighted by Crippen LogP contribution is 2.33. The van der Waals surface area contributed by atoms with Gasteiger partial charge in [-0.1, -0.05) is 6.07 Å². The Labute approximate surface area is 102 Å². The smallest absolute Gasteiger partial charge is 0.159 e. The second-order valence-corrected chi connectivity index (χ2v) is 4.45. The Bertz CT molecular complexity index is 527. The van der Waals surface area contributed by atoms with Crippen molar-refractivity contribution in [2.75, 3.05) is 7.11 Å². The van der Waals surface area contributed by atoms with E-state index >= 15 is 0 Å². The number of thiophene rings is 1. The summed E-state index contributed by atoms with van der Waals surface area (Å²) in [6.45, 7) is 0. The molecule has 90 valence electrons. The number of nitrogens with two attached hydrogens (primary N) is 1. The van der Waals surface area contributed by atoms with Crippen LogP contribution < -0.4 is 10.5 Å². The van der Waals surface area contributed by atoms with Crippen LogP contribution in [0, 0.1) is 11.6 Å². The lowest BCUT2D eigenvalue weighted by Gasteiger charge is -2.12. The molecule has 0 aliphatic carbocycles. The van der Waals surface area contributed by atoms with Crippen LogP contribution in [0.5, 0.6) is 5.75 Å². The van der Waals surface area contributed by atoms with Crippen molar-refractivity contribution in [3.63, 3.8) is 0 Å². The first-order chi connectivity index (χ1) is 8.13. The standard InChI is InChI=1S/C12H11F2NOS/c1-16-10-4-5-17-12(10)11(15)7-2-3-8(13)9(14)6-7/h2-6,11H,15H2,1H3. The molecular weight excluding hydrogens is 244 g/mol. The number of hydrogen-bond donors (Lipinski definition) is 1. The van der Waals surface area contributed by atoms with Gasteiger partial charge in [0.25, 0.3) is 0 Å². The van der Waals surface area contributed by atoms with Crippen molar-refractivity contribution in [1.29, 1.82) is 0 Å². The summed E-state index contributed by atoms with van der Waals surface area (Å²) in [5.74, 6) is -1.11. The fourth-order valence-electron chi connectivity index (χ4n) is 1.56. The molecule has 0 spiro atoms. The number of methoxy groups -OCH3 is 1. The van der Waals surface area contributed by atoms with E-state index < -0.39 is 17.7 Å². The summed E-state index contributed by atoms with van der Waals surface area (Å²) in [6.07, 6.45) is 0. The third-order valence-corrected chi connectivity index (χ3v) is 3.44. The van der Waals surface area contributed by atoms with Crippen molar-refractivity contribution in [3.05, 3.63) is 51.7 Å². The van der Waals surface area contributed by atoms with E-state index in [-0.39, 0.29) is 0 Å². The SMILES string of the molecule is COc1ccsc1C(N)c1ccc(F)c(F)c1. The maximum Gasteiger partial charge on any atom is 0.159 e. The second-order valence-electron chi connectivity index (χ2n) is 3.50. The van der Waals surface area contributed by atoms with E-state index in [1.54, 1.807) is 13.2 Å². The molecule has 0 radical (unpaired) electrons. The van der Waals surface area contributed by atoms with Gasteiger partial charge in [-0.25, -0.2) is 8.78 Å². The van der Waals surface area contributed by atoms with Crippen LogP contribution in [0.1, 0.15) is 16.5 Å². The largest absolute Gasteiger partial charge is 0.496 e. The van der Waals surface area contributed by atoms with Crippen molar-refractivity contribution in [3.8, 4) is 5.75 Å². The van der Waals surface area contributed by atoms with E-state index in [0.29, 0.717) is 11.3 Å². The molecule has 1 unspecified atom stereocenters. The molecule has 2 rings (SSSR count). The summed E-state index contributed by atoms with van der Waals surface area (Å²) in [6, 6.07) is 4.94. The Morgan fingerprint density at radius 3 is 2.65 bits per heavy atom. The molecule has 1 aromatic heterocycles. The van der Waals surface area contributed by atoms with Crippen LogP contribution in [0.3, 0.4) is 0 Å². The number of hydrogen-bond acceptors (Lipinski definition) is 3. The third-order valence-electron chi connectivity index (χ3n) is 2.46.